The van der Waals surface area contributed by atoms with Gasteiger partial charge in [-0.3, -0.25) is 4.79 Å². The number of nitrogens with zero attached hydrogens (tertiary/aromatic N) is 1. The molecule has 1 atom stereocenters. The van der Waals surface area contributed by atoms with Crippen LogP contribution in [0.3, 0.4) is 0 Å². The van der Waals surface area contributed by atoms with Crippen LogP contribution in [0, 0.1) is 0 Å². The van der Waals surface area contributed by atoms with E-state index in [-0.39, 0.29) is 11.9 Å². The summed E-state index contributed by atoms with van der Waals surface area (Å²) in [5, 5.41) is 0. The fourth-order valence-electron chi connectivity index (χ4n) is 2.17. The Morgan fingerprint density at radius 1 is 1.59 bits per heavy atom. The number of carbonyl (C=O) groups excluding carboxylic acids is 1. The normalized spacial score (nSPS) is 19.6. The lowest BCUT2D eigenvalue weighted by Crippen LogP contribution is -2.38. The number of nitrogens with two attached hydrogens (primary N) is 1. The molecule has 92 valence electrons. The Kier molecular flexibility index (Phi) is 4.15. The summed E-state index contributed by atoms with van der Waals surface area (Å²) in [5.74, 6) is 5.14. The van der Waals surface area contributed by atoms with Gasteiger partial charge in [0.15, 0.2) is 0 Å². The highest BCUT2D eigenvalue weighted by atomic mass is 79.9. The number of halogens is 1. The number of likely N-dealkylation sites (tertiary alicyclic amines) is 1. The fourth-order valence-corrected chi connectivity index (χ4v) is 2.57. The summed E-state index contributed by atoms with van der Waals surface area (Å²) in [6.07, 6.45) is 1.96. The quantitative estimate of drug-likeness (QED) is 0.868. The van der Waals surface area contributed by atoms with E-state index in [1.165, 1.54) is 0 Å². The van der Waals surface area contributed by atoms with Crippen molar-refractivity contribution < 1.29 is 9.63 Å². The molecule has 1 amide bonds. The van der Waals surface area contributed by atoms with Crippen LogP contribution in [0.2, 0.25) is 0 Å². The van der Waals surface area contributed by atoms with E-state index in [9.17, 15) is 4.79 Å². The summed E-state index contributed by atoms with van der Waals surface area (Å²) in [6, 6.07) is 7.53. The third-order valence-corrected chi connectivity index (χ3v) is 3.49. The van der Waals surface area contributed by atoms with E-state index in [0.717, 1.165) is 23.9 Å². The van der Waals surface area contributed by atoms with Crippen LogP contribution in [0.4, 0.5) is 0 Å². The first kappa shape index (κ1) is 12.5. The molecular formula is C12H15BrN2O2. The minimum Gasteiger partial charge on any atom is -0.333 e. The molecule has 1 saturated heterocycles. The van der Waals surface area contributed by atoms with Crippen molar-refractivity contribution in [3.8, 4) is 0 Å². The first-order chi connectivity index (χ1) is 8.22. The minimum atomic E-state index is 0.0471. The topological polar surface area (TPSA) is 55.6 Å². The Hall–Kier alpha value is -0.910. The van der Waals surface area contributed by atoms with Crippen molar-refractivity contribution in [2.45, 2.75) is 18.9 Å². The molecule has 1 heterocycles. The third kappa shape index (κ3) is 2.86. The SMILES string of the molecule is NOCC1CCCN1C(=O)c1cccc(Br)c1. The van der Waals surface area contributed by atoms with Gasteiger partial charge >= 0.3 is 0 Å². The number of carbonyl (C=O) groups is 1. The number of hydrogen-bond donors (Lipinski definition) is 1. The van der Waals surface area contributed by atoms with Gasteiger partial charge in [-0.2, -0.15) is 0 Å². The summed E-state index contributed by atoms with van der Waals surface area (Å²) in [6.45, 7) is 1.18. The Morgan fingerprint density at radius 3 is 3.12 bits per heavy atom. The minimum absolute atomic E-state index is 0.0471. The lowest BCUT2D eigenvalue weighted by molar-refractivity contribution is 0.0540. The molecule has 1 unspecified atom stereocenters. The maximum Gasteiger partial charge on any atom is 0.254 e. The molecule has 0 aliphatic carbocycles. The molecule has 5 heteroatoms. The maximum atomic E-state index is 12.3. The smallest absolute Gasteiger partial charge is 0.254 e. The van der Waals surface area contributed by atoms with Crippen molar-refractivity contribution in [1.82, 2.24) is 4.90 Å². The van der Waals surface area contributed by atoms with Gasteiger partial charge in [0.05, 0.1) is 12.6 Å². The average Bonchev–Trinajstić information content (AvgIpc) is 2.77. The predicted octanol–water partition coefficient (Wildman–Crippen LogP) is 1.94. The van der Waals surface area contributed by atoms with Gasteiger partial charge in [0, 0.05) is 16.6 Å². The Morgan fingerprint density at radius 2 is 2.41 bits per heavy atom. The zero-order chi connectivity index (χ0) is 12.3. The van der Waals surface area contributed by atoms with Crippen LogP contribution >= 0.6 is 15.9 Å². The lowest BCUT2D eigenvalue weighted by Gasteiger charge is -2.23. The molecule has 0 radical (unpaired) electrons. The van der Waals surface area contributed by atoms with Gasteiger partial charge in [0.25, 0.3) is 5.91 Å². The molecule has 1 aliphatic rings. The van der Waals surface area contributed by atoms with Gasteiger partial charge in [0.2, 0.25) is 0 Å². The van der Waals surface area contributed by atoms with Crippen LogP contribution in [0.1, 0.15) is 23.2 Å². The van der Waals surface area contributed by atoms with Crippen molar-refractivity contribution >= 4 is 21.8 Å². The number of benzene rings is 1. The third-order valence-electron chi connectivity index (χ3n) is 3.00. The van der Waals surface area contributed by atoms with Crippen molar-refractivity contribution in [2.24, 2.45) is 5.90 Å². The van der Waals surface area contributed by atoms with E-state index in [1.807, 2.05) is 29.2 Å². The largest absolute Gasteiger partial charge is 0.333 e. The lowest BCUT2D eigenvalue weighted by atomic mass is 10.2. The van der Waals surface area contributed by atoms with E-state index in [0.29, 0.717) is 12.2 Å². The van der Waals surface area contributed by atoms with Crippen LogP contribution in [-0.4, -0.2) is 30.0 Å². The monoisotopic (exact) mass is 298 g/mol. The highest BCUT2D eigenvalue weighted by Crippen LogP contribution is 2.21. The van der Waals surface area contributed by atoms with E-state index in [2.05, 4.69) is 20.8 Å². The summed E-state index contributed by atoms with van der Waals surface area (Å²) in [7, 11) is 0. The Bertz CT molecular complexity index is 411. The molecule has 4 nitrogen and oxygen atoms in total. The van der Waals surface area contributed by atoms with Gasteiger partial charge in [-0.15, -0.1) is 0 Å². The standard InChI is InChI=1S/C12H15BrN2O2/c13-10-4-1-3-9(7-10)12(16)15-6-2-5-11(15)8-17-14/h1,3-4,7,11H,2,5-6,8,14H2. The molecule has 2 N–H and O–H groups in total. The van der Waals surface area contributed by atoms with E-state index in [4.69, 9.17) is 5.90 Å². The Balaban J connectivity index is 2.14. The van der Waals surface area contributed by atoms with Gasteiger partial charge in [-0.25, -0.2) is 5.90 Å². The van der Waals surface area contributed by atoms with Gasteiger partial charge in [-0.05, 0) is 31.0 Å². The predicted molar refractivity (Wildman–Crippen MR) is 68.3 cm³/mol. The molecule has 0 aromatic heterocycles. The van der Waals surface area contributed by atoms with Gasteiger partial charge < -0.3 is 9.74 Å². The van der Waals surface area contributed by atoms with E-state index in [1.54, 1.807) is 0 Å². The highest BCUT2D eigenvalue weighted by molar-refractivity contribution is 9.10. The average molecular weight is 299 g/mol. The van der Waals surface area contributed by atoms with Crippen LogP contribution in [0.15, 0.2) is 28.7 Å². The number of amides is 1. The second kappa shape index (κ2) is 5.62. The molecule has 0 spiro atoms. The summed E-state index contributed by atoms with van der Waals surface area (Å²) in [5.41, 5.74) is 0.697. The molecule has 1 aromatic rings. The second-order valence-corrected chi connectivity index (χ2v) is 5.05. The van der Waals surface area contributed by atoms with Crippen LogP contribution in [-0.2, 0) is 4.84 Å². The molecule has 1 aliphatic heterocycles. The summed E-state index contributed by atoms with van der Waals surface area (Å²) >= 11 is 3.37. The van der Waals surface area contributed by atoms with Crippen molar-refractivity contribution in [3.05, 3.63) is 34.3 Å². The molecule has 0 bridgehead atoms. The Labute approximate surface area is 109 Å². The number of rotatable bonds is 3. The van der Waals surface area contributed by atoms with Crippen LogP contribution < -0.4 is 5.90 Å². The van der Waals surface area contributed by atoms with Gasteiger partial charge in [-0.1, -0.05) is 22.0 Å². The molecular weight excluding hydrogens is 284 g/mol. The first-order valence-corrected chi connectivity index (χ1v) is 6.40. The number of hydrogen-bond acceptors (Lipinski definition) is 3. The van der Waals surface area contributed by atoms with Crippen molar-refractivity contribution in [3.63, 3.8) is 0 Å². The second-order valence-electron chi connectivity index (χ2n) is 4.14. The van der Waals surface area contributed by atoms with E-state index < -0.39 is 0 Å². The van der Waals surface area contributed by atoms with Crippen LogP contribution in [0.25, 0.3) is 0 Å². The molecule has 2 rings (SSSR count). The van der Waals surface area contributed by atoms with E-state index >= 15 is 0 Å². The zero-order valence-corrected chi connectivity index (χ0v) is 11.0. The van der Waals surface area contributed by atoms with Crippen molar-refractivity contribution in [1.29, 1.82) is 0 Å². The summed E-state index contributed by atoms with van der Waals surface area (Å²) < 4.78 is 0.911. The fraction of sp³-hybridized carbons (Fsp3) is 0.417. The molecule has 0 saturated carbocycles. The molecule has 1 aromatic carbocycles. The zero-order valence-electron chi connectivity index (χ0n) is 9.43. The van der Waals surface area contributed by atoms with Gasteiger partial charge in [0.1, 0.15) is 0 Å². The summed E-state index contributed by atoms with van der Waals surface area (Å²) in [4.78, 5) is 18.8. The highest BCUT2D eigenvalue weighted by Gasteiger charge is 2.29. The van der Waals surface area contributed by atoms with Crippen molar-refractivity contribution in [2.75, 3.05) is 13.2 Å². The molecule has 1 fully saturated rings. The maximum absolute atomic E-state index is 12.3. The first-order valence-electron chi connectivity index (χ1n) is 5.60. The van der Waals surface area contributed by atoms with Crippen LogP contribution in [0.5, 0.6) is 0 Å². The molecule has 17 heavy (non-hydrogen) atoms.